The van der Waals surface area contributed by atoms with Crippen LogP contribution < -0.4 is 11.1 Å². The second kappa shape index (κ2) is 8.08. The standard InChI is InChI=1S/C28H28N2/c1-28(2,3)22-18-23(20-12-6-4-7-13-20)27(30-26-17-11-10-16-25(26)29)24(19-22)21-14-8-5-9-15-21/h4-19,30H,29H2,1-3H3/i4D,5D,6D,7D,8D,9D,10D,11D,12D,13D,14D,15D,16D,17D. The van der Waals surface area contributed by atoms with Crippen molar-refractivity contribution in [1.29, 1.82) is 0 Å². The fourth-order valence-corrected chi connectivity index (χ4v) is 2.92. The van der Waals surface area contributed by atoms with Crippen LogP contribution in [0.25, 0.3) is 22.3 Å². The van der Waals surface area contributed by atoms with Crippen LogP contribution in [0.3, 0.4) is 0 Å². The number of hydrogen-bond acceptors (Lipinski definition) is 2. The van der Waals surface area contributed by atoms with E-state index in [2.05, 4.69) is 5.32 Å². The molecule has 0 aliphatic heterocycles. The number of rotatable bonds is 4. The van der Waals surface area contributed by atoms with Gasteiger partial charge in [0.2, 0.25) is 0 Å². The molecule has 0 atom stereocenters. The average Bonchev–Trinajstić information content (AvgIpc) is 2.97. The fourth-order valence-electron chi connectivity index (χ4n) is 2.92. The van der Waals surface area contributed by atoms with Crippen LogP contribution in [-0.2, 0) is 5.41 Å². The molecule has 0 fully saturated rings. The maximum atomic E-state index is 8.71. The molecular formula is C28H28N2. The predicted octanol–water partition coefficient (Wildman–Crippen LogP) is 7.64. The van der Waals surface area contributed by atoms with Crippen LogP contribution in [0.1, 0.15) is 45.5 Å². The van der Waals surface area contributed by atoms with Crippen LogP contribution in [0.2, 0.25) is 0 Å². The molecule has 4 aromatic rings. The van der Waals surface area contributed by atoms with Gasteiger partial charge >= 0.3 is 0 Å². The first-order valence-corrected chi connectivity index (χ1v) is 9.19. The first-order valence-electron chi connectivity index (χ1n) is 16.2. The van der Waals surface area contributed by atoms with Crippen molar-refractivity contribution in [2.45, 2.75) is 26.2 Å². The Labute approximate surface area is 199 Å². The predicted molar refractivity (Wildman–Crippen MR) is 130 cm³/mol. The van der Waals surface area contributed by atoms with E-state index in [1.165, 1.54) is 12.1 Å². The Kier molecular flexibility index (Phi) is 2.45. The Bertz CT molecular complexity index is 1700. The van der Waals surface area contributed by atoms with Gasteiger partial charge in [0.25, 0.3) is 0 Å². The molecule has 30 heavy (non-hydrogen) atoms. The molecule has 0 aliphatic rings. The number of nitrogens with one attached hydrogen (secondary N) is 1. The van der Waals surface area contributed by atoms with Gasteiger partial charge in [-0.3, -0.25) is 0 Å². The van der Waals surface area contributed by atoms with Gasteiger partial charge in [0.05, 0.1) is 36.3 Å². The molecule has 0 saturated carbocycles. The number of nitrogens with two attached hydrogens (primary N) is 1. The smallest absolute Gasteiger partial charge is 0.0645 e. The molecule has 0 aromatic heterocycles. The normalized spacial score (nSPS) is 17.8. The molecule has 0 aliphatic carbocycles. The third kappa shape index (κ3) is 4.08. The summed E-state index contributed by atoms with van der Waals surface area (Å²) in [6, 6.07) is -5.47. The Morgan fingerprint density at radius 2 is 1.17 bits per heavy atom. The summed E-state index contributed by atoms with van der Waals surface area (Å²) in [6.07, 6.45) is 0. The van der Waals surface area contributed by atoms with E-state index in [4.69, 9.17) is 24.9 Å². The lowest BCUT2D eigenvalue weighted by molar-refractivity contribution is 0.591. The summed E-state index contributed by atoms with van der Waals surface area (Å²) in [4.78, 5) is 0. The second-order valence-corrected chi connectivity index (χ2v) is 7.61. The number of benzene rings is 4. The molecule has 0 bridgehead atoms. The summed E-state index contributed by atoms with van der Waals surface area (Å²) >= 11 is 0. The van der Waals surface area contributed by atoms with Crippen LogP contribution in [0.5, 0.6) is 0 Å². The summed E-state index contributed by atoms with van der Waals surface area (Å²) in [5, 5.41) is 2.87. The summed E-state index contributed by atoms with van der Waals surface area (Å²) < 4.78 is 117. The van der Waals surface area contributed by atoms with Gasteiger partial charge in [-0.15, -0.1) is 0 Å². The van der Waals surface area contributed by atoms with Crippen molar-refractivity contribution in [3.63, 3.8) is 0 Å². The maximum Gasteiger partial charge on any atom is 0.0645 e. The highest BCUT2D eigenvalue weighted by Crippen LogP contribution is 2.43. The summed E-state index contributed by atoms with van der Waals surface area (Å²) in [6.45, 7) is 5.50. The van der Waals surface area contributed by atoms with Gasteiger partial charge in [-0.2, -0.15) is 0 Å². The van der Waals surface area contributed by atoms with Crippen LogP contribution in [0.4, 0.5) is 17.1 Å². The lowest BCUT2D eigenvalue weighted by Crippen LogP contribution is -2.12. The Morgan fingerprint density at radius 1 is 0.700 bits per heavy atom. The molecule has 2 nitrogen and oxygen atoms in total. The number of hydrogen-bond donors (Lipinski definition) is 2. The first kappa shape index (κ1) is 9.09. The van der Waals surface area contributed by atoms with Gasteiger partial charge in [-0.05, 0) is 46.3 Å². The van der Waals surface area contributed by atoms with Crippen molar-refractivity contribution in [1.82, 2.24) is 0 Å². The SMILES string of the molecule is [2H]c1c([2H])c([2H])c(-c2cc(C(C)(C)C)cc(-c3c([2H])c([2H])c([2H])c([2H])c3[2H])c2Nc2c([2H])c([2H])c([2H])c([2H])c2N)c([2H])c1[2H]. The highest BCUT2D eigenvalue weighted by molar-refractivity contribution is 5.94. The van der Waals surface area contributed by atoms with Gasteiger partial charge in [-0.25, -0.2) is 0 Å². The Hall–Kier alpha value is -3.52. The number of anilines is 3. The molecule has 4 rings (SSSR count). The van der Waals surface area contributed by atoms with Crippen molar-refractivity contribution >= 4 is 17.1 Å². The van der Waals surface area contributed by atoms with Gasteiger partial charge in [0, 0.05) is 11.1 Å². The zero-order valence-corrected chi connectivity index (χ0v) is 16.7. The van der Waals surface area contributed by atoms with E-state index in [0.29, 0.717) is 5.56 Å². The largest absolute Gasteiger partial charge is 0.397 e. The van der Waals surface area contributed by atoms with Crippen molar-refractivity contribution in [2.75, 3.05) is 11.1 Å². The van der Waals surface area contributed by atoms with Gasteiger partial charge in [0.1, 0.15) is 0 Å². The average molecular weight is 407 g/mol. The molecule has 4 aromatic carbocycles. The lowest BCUT2D eigenvalue weighted by Gasteiger charge is -2.25. The van der Waals surface area contributed by atoms with Crippen molar-refractivity contribution < 1.29 is 19.2 Å². The Morgan fingerprint density at radius 3 is 1.67 bits per heavy atom. The van der Waals surface area contributed by atoms with Gasteiger partial charge in [-0.1, -0.05) is 93.3 Å². The van der Waals surface area contributed by atoms with Crippen LogP contribution in [0.15, 0.2) is 96.7 Å². The zero-order chi connectivity index (χ0) is 33.3. The molecule has 150 valence electrons. The molecule has 0 amide bonds. The van der Waals surface area contributed by atoms with Crippen molar-refractivity contribution in [3.8, 4) is 22.3 Å². The molecule has 0 radical (unpaired) electrons. The number of para-hydroxylation sites is 2. The van der Waals surface area contributed by atoms with E-state index in [0.717, 1.165) is 0 Å². The minimum absolute atomic E-state index is 0.0388. The van der Waals surface area contributed by atoms with E-state index in [9.17, 15) is 0 Å². The summed E-state index contributed by atoms with van der Waals surface area (Å²) in [5.74, 6) is 0. The molecule has 0 spiro atoms. The van der Waals surface area contributed by atoms with Gasteiger partial charge < -0.3 is 11.1 Å². The maximum absolute atomic E-state index is 8.71. The van der Waals surface area contributed by atoms with E-state index in [1.54, 1.807) is 0 Å². The zero-order valence-electron chi connectivity index (χ0n) is 30.7. The van der Waals surface area contributed by atoms with E-state index in [-0.39, 0.29) is 33.6 Å². The number of nitrogen functional groups attached to an aromatic ring is 1. The van der Waals surface area contributed by atoms with E-state index in [1.807, 2.05) is 20.8 Å². The van der Waals surface area contributed by atoms with Crippen molar-refractivity contribution in [2.24, 2.45) is 0 Å². The Balaban J connectivity index is 2.33. The first-order chi connectivity index (χ1) is 20.2. The topological polar surface area (TPSA) is 38.0 Å². The monoisotopic (exact) mass is 406 g/mol. The van der Waals surface area contributed by atoms with Crippen LogP contribution in [-0.4, -0.2) is 0 Å². The van der Waals surface area contributed by atoms with E-state index >= 15 is 0 Å². The third-order valence-corrected chi connectivity index (χ3v) is 4.51. The molecule has 3 N–H and O–H groups in total. The molecular weight excluding hydrogens is 364 g/mol. The quantitative estimate of drug-likeness (QED) is 0.342. The fraction of sp³-hybridized carbons (Fsp3) is 0.143. The molecule has 0 heterocycles. The highest BCUT2D eigenvalue weighted by atomic mass is 14.9. The van der Waals surface area contributed by atoms with E-state index < -0.39 is 95.7 Å². The van der Waals surface area contributed by atoms with Crippen LogP contribution in [0, 0.1) is 0 Å². The minimum atomic E-state index is -0.669. The van der Waals surface area contributed by atoms with Gasteiger partial charge in [0.15, 0.2) is 0 Å². The summed E-state index contributed by atoms with van der Waals surface area (Å²) in [7, 11) is 0. The molecule has 0 unspecified atom stereocenters. The van der Waals surface area contributed by atoms with Crippen molar-refractivity contribution in [3.05, 3.63) is 102 Å². The molecule has 2 heteroatoms. The minimum Gasteiger partial charge on any atom is -0.397 e. The third-order valence-electron chi connectivity index (χ3n) is 4.51. The second-order valence-electron chi connectivity index (χ2n) is 7.61. The highest BCUT2D eigenvalue weighted by Gasteiger charge is 2.21. The molecule has 0 saturated heterocycles. The van der Waals surface area contributed by atoms with Crippen LogP contribution >= 0.6 is 0 Å². The summed E-state index contributed by atoms with van der Waals surface area (Å²) in [5.41, 5.74) is 4.49. The lowest BCUT2D eigenvalue weighted by atomic mass is 9.82.